The van der Waals surface area contributed by atoms with Crippen molar-refractivity contribution in [2.45, 2.75) is 25.2 Å². The van der Waals surface area contributed by atoms with Gasteiger partial charge < -0.3 is 9.47 Å². The van der Waals surface area contributed by atoms with Crippen LogP contribution >= 0.6 is 0 Å². The van der Waals surface area contributed by atoms with Crippen LogP contribution < -0.4 is 14.2 Å². The number of ether oxygens (including phenoxy) is 2. The highest BCUT2D eigenvalue weighted by Gasteiger charge is 2.16. The number of rotatable bonds is 9. The van der Waals surface area contributed by atoms with Crippen LogP contribution in [0.15, 0.2) is 41.3 Å². The smallest absolute Gasteiger partial charge is 0.240 e. The maximum atomic E-state index is 13.2. The number of halogens is 2. The van der Waals surface area contributed by atoms with Crippen LogP contribution in [-0.2, 0) is 16.4 Å². The molecule has 142 valence electrons. The predicted octanol–water partition coefficient (Wildman–Crippen LogP) is 3.28. The molecule has 0 fully saturated rings. The monoisotopic (exact) mass is 385 g/mol. The van der Waals surface area contributed by atoms with Crippen molar-refractivity contribution in [2.75, 3.05) is 19.8 Å². The summed E-state index contributed by atoms with van der Waals surface area (Å²) in [7, 11) is -4.00. The molecular formula is C18H21F2NO4S. The number of sulfonamides is 1. The van der Waals surface area contributed by atoms with Crippen LogP contribution in [0.1, 0.15) is 19.4 Å². The minimum atomic E-state index is -4.00. The van der Waals surface area contributed by atoms with Crippen LogP contribution in [0.5, 0.6) is 11.5 Å². The molecular weight excluding hydrogens is 364 g/mol. The third-order valence-electron chi connectivity index (χ3n) is 3.46. The van der Waals surface area contributed by atoms with Gasteiger partial charge in [-0.1, -0.05) is 6.07 Å². The molecule has 0 bridgehead atoms. The van der Waals surface area contributed by atoms with Gasteiger partial charge in [0.25, 0.3) is 0 Å². The Morgan fingerprint density at radius 2 is 1.54 bits per heavy atom. The lowest BCUT2D eigenvalue weighted by Crippen LogP contribution is -2.26. The van der Waals surface area contributed by atoms with E-state index in [1.165, 1.54) is 0 Å². The summed E-state index contributed by atoms with van der Waals surface area (Å²) in [6.45, 7) is 4.77. The van der Waals surface area contributed by atoms with Crippen molar-refractivity contribution < 1.29 is 26.7 Å². The van der Waals surface area contributed by atoms with E-state index in [4.69, 9.17) is 9.47 Å². The lowest BCUT2D eigenvalue weighted by atomic mass is 10.1. The fraction of sp³-hybridized carbons (Fsp3) is 0.333. The largest absolute Gasteiger partial charge is 0.490 e. The topological polar surface area (TPSA) is 64.6 Å². The number of nitrogens with one attached hydrogen (secondary N) is 1. The summed E-state index contributed by atoms with van der Waals surface area (Å²) in [4.78, 5) is -0.448. The highest BCUT2D eigenvalue weighted by Crippen LogP contribution is 2.28. The van der Waals surface area contributed by atoms with Crippen molar-refractivity contribution in [3.05, 3.63) is 53.6 Å². The molecule has 5 nitrogen and oxygen atoms in total. The fourth-order valence-corrected chi connectivity index (χ4v) is 3.42. The Labute approximate surface area is 152 Å². The Morgan fingerprint density at radius 3 is 2.15 bits per heavy atom. The van der Waals surface area contributed by atoms with E-state index in [0.717, 1.165) is 17.7 Å². The second-order valence-electron chi connectivity index (χ2n) is 5.40. The summed E-state index contributed by atoms with van der Waals surface area (Å²) >= 11 is 0. The molecule has 0 unspecified atom stereocenters. The minimum absolute atomic E-state index is 0.0695. The average Bonchev–Trinajstić information content (AvgIpc) is 2.56. The Bertz CT molecular complexity index is 836. The highest BCUT2D eigenvalue weighted by molar-refractivity contribution is 7.89. The predicted molar refractivity (Wildman–Crippen MR) is 94.0 cm³/mol. The van der Waals surface area contributed by atoms with E-state index >= 15 is 0 Å². The molecule has 0 aliphatic carbocycles. The molecule has 1 N–H and O–H groups in total. The summed E-state index contributed by atoms with van der Waals surface area (Å²) in [6.07, 6.45) is 0.378. The SMILES string of the molecule is CCOc1ccc(CCNS(=O)(=O)c2cc(F)cc(F)c2)cc1OCC. The molecule has 0 heterocycles. The number of hydrogen-bond donors (Lipinski definition) is 1. The molecule has 0 radical (unpaired) electrons. The summed E-state index contributed by atoms with van der Waals surface area (Å²) in [5.41, 5.74) is 0.838. The molecule has 2 aromatic rings. The minimum Gasteiger partial charge on any atom is -0.490 e. The lowest BCUT2D eigenvalue weighted by molar-refractivity contribution is 0.287. The zero-order valence-corrected chi connectivity index (χ0v) is 15.4. The lowest BCUT2D eigenvalue weighted by Gasteiger charge is -2.13. The summed E-state index contributed by atoms with van der Waals surface area (Å²) in [6, 6.07) is 7.52. The third kappa shape index (κ3) is 5.40. The Balaban J connectivity index is 2.05. The van der Waals surface area contributed by atoms with Crippen molar-refractivity contribution in [1.29, 1.82) is 0 Å². The van der Waals surface area contributed by atoms with Crippen LogP contribution in [0.4, 0.5) is 8.78 Å². The molecule has 0 aliphatic heterocycles. The number of benzene rings is 2. The molecule has 2 aromatic carbocycles. The van der Waals surface area contributed by atoms with Crippen LogP contribution in [0.3, 0.4) is 0 Å². The molecule has 2 rings (SSSR count). The van der Waals surface area contributed by atoms with Gasteiger partial charge in [0.15, 0.2) is 11.5 Å². The van der Waals surface area contributed by atoms with Gasteiger partial charge in [-0.25, -0.2) is 21.9 Å². The van der Waals surface area contributed by atoms with Crippen molar-refractivity contribution in [1.82, 2.24) is 4.72 Å². The maximum Gasteiger partial charge on any atom is 0.240 e. The molecule has 0 atom stereocenters. The van der Waals surface area contributed by atoms with E-state index in [1.54, 1.807) is 12.1 Å². The van der Waals surface area contributed by atoms with Crippen LogP contribution in [0.2, 0.25) is 0 Å². The van der Waals surface area contributed by atoms with Gasteiger partial charge in [-0.3, -0.25) is 0 Å². The Hall–Kier alpha value is -2.19. The van der Waals surface area contributed by atoms with Gasteiger partial charge in [0.1, 0.15) is 11.6 Å². The zero-order valence-electron chi connectivity index (χ0n) is 14.6. The van der Waals surface area contributed by atoms with Gasteiger partial charge in [0.2, 0.25) is 10.0 Å². The van der Waals surface area contributed by atoms with Gasteiger partial charge in [-0.05, 0) is 50.1 Å². The molecule has 0 aromatic heterocycles. The summed E-state index contributed by atoms with van der Waals surface area (Å²) in [5, 5.41) is 0. The second-order valence-corrected chi connectivity index (χ2v) is 7.17. The molecule has 0 amide bonds. The summed E-state index contributed by atoms with van der Waals surface area (Å²) < 4.78 is 64.0. The van der Waals surface area contributed by atoms with E-state index in [0.29, 0.717) is 37.2 Å². The zero-order chi connectivity index (χ0) is 19.2. The normalized spacial score (nSPS) is 11.4. The first kappa shape index (κ1) is 20.1. The van der Waals surface area contributed by atoms with E-state index in [-0.39, 0.29) is 6.54 Å². The molecule has 0 saturated carbocycles. The van der Waals surface area contributed by atoms with Gasteiger partial charge in [0.05, 0.1) is 18.1 Å². The van der Waals surface area contributed by atoms with Crippen LogP contribution in [-0.4, -0.2) is 28.2 Å². The molecule has 0 spiro atoms. The van der Waals surface area contributed by atoms with E-state index in [1.807, 2.05) is 19.9 Å². The first-order valence-corrected chi connectivity index (χ1v) is 9.68. The Kier molecular flexibility index (Phi) is 6.93. The fourth-order valence-electron chi connectivity index (χ4n) is 2.35. The first-order chi connectivity index (χ1) is 12.4. The first-order valence-electron chi connectivity index (χ1n) is 8.20. The quantitative estimate of drug-likeness (QED) is 0.720. The van der Waals surface area contributed by atoms with E-state index in [2.05, 4.69) is 4.72 Å². The summed E-state index contributed by atoms with van der Waals surface area (Å²) in [5.74, 6) is -0.688. The van der Waals surface area contributed by atoms with Crippen LogP contribution in [0.25, 0.3) is 0 Å². The standard InChI is InChI=1S/C18H21F2NO4S/c1-3-24-17-6-5-13(9-18(17)25-4-2)7-8-21-26(22,23)16-11-14(19)10-15(20)12-16/h5-6,9-12,21H,3-4,7-8H2,1-2H3. The second kappa shape index (κ2) is 8.95. The van der Waals surface area contributed by atoms with Crippen molar-refractivity contribution in [3.63, 3.8) is 0 Å². The third-order valence-corrected chi connectivity index (χ3v) is 4.90. The van der Waals surface area contributed by atoms with Gasteiger partial charge >= 0.3 is 0 Å². The van der Waals surface area contributed by atoms with Crippen LogP contribution in [0, 0.1) is 11.6 Å². The highest BCUT2D eigenvalue weighted by atomic mass is 32.2. The van der Waals surface area contributed by atoms with Crippen molar-refractivity contribution in [2.24, 2.45) is 0 Å². The number of hydrogen-bond acceptors (Lipinski definition) is 4. The molecule has 26 heavy (non-hydrogen) atoms. The molecule has 8 heteroatoms. The maximum absolute atomic E-state index is 13.2. The van der Waals surface area contributed by atoms with Gasteiger partial charge in [-0.2, -0.15) is 0 Å². The molecule has 0 saturated heterocycles. The van der Waals surface area contributed by atoms with Crippen molar-refractivity contribution in [3.8, 4) is 11.5 Å². The van der Waals surface area contributed by atoms with Gasteiger partial charge in [0, 0.05) is 12.6 Å². The van der Waals surface area contributed by atoms with E-state index < -0.39 is 26.6 Å². The average molecular weight is 385 g/mol. The van der Waals surface area contributed by atoms with Crippen molar-refractivity contribution >= 4 is 10.0 Å². The van der Waals surface area contributed by atoms with Gasteiger partial charge in [-0.15, -0.1) is 0 Å². The van der Waals surface area contributed by atoms with E-state index in [9.17, 15) is 17.2 Å². The Morgan fingerprint density at radius 1 is 0.923 bits per heavy atom. The molecule has 0 aliphatic rings.